The molecule has 0 radical (unpaired) electrons. The zero-order valence-electron chi connectivity index (χ0n) is 13.3. The van der Waals surface area contributed by atoms with Gasteiger partial charge in [-0.3, -0.25) is 0 Å². The second kappa shape index (κ2) is 6.39. The molecule has 0 aliphatic heterocycles. The van der Waals surface area contributed by atoms with Crippen molar-refractivity contribution in [2.45, 2.75) is 0 Å². The summed E-state index contributed by atoms with van der Waals surface area (Å²) in [6.45, 7) is 0. The molecule has 0 amide bonds. The van der Waals surface area contributed by atoms with E-state index in [1.54, 1.807) is 19.4 Å². The van der Waals surface area contributed by atoms with Gasteiger partial charge in [0.1, 0.15) is 0 Å². The number of methoxy groups -OCH3 is 1. The Kier molecular flexibility index (Phi) is 4.14. The highest BCUT2D eigenvalue weighted by atomic mass is 16.5. The van der Waals surface area contributed by atoms with Crippen molar-refractivity contribution in [2.24, 2.45) is 0 Å². The minimum Gasteiger partial charge on any atom is -0.480 e. The molecule has 0 N–H and O–H groups in total. The lowest BCUT2D eigenvalue weighted by atomic mass is 10.0. The first kappa shape index (κ1) is 14.9. The van der Waals surface area contributed by atoms with Crippen molar-refractivity contribution in [1.29, 1.82) is 0 Å². The van der Waals surface area contributed by atoms with Crippen LogP contribution in [0, 0.1) is 0 Å². The number of nitrogens with zero attached hydrogens (tertiary/aromatic N) is 5. The summed E-state index contributed by atoms with van der Waals surface area (Å²) in [6.07, 6.45) is 1.78. The van der Waals surface area contributed by atoms with Gasteiger partial charge >= 0.3 is 0 Å². The van der Waals surface area contributed by atoms with E-state index in [2.05, 4.69) is 20.2 Å². The molecule has 1 aromatic carbocycles. The van der Waals surface area contributed by atoms with Crippen molar-refractivity contribution in [3.8, 4) is 28.4 Å². The van der Waals surface area contributed by atoms with E-state index >= 15 is 0 Å². The van der Waals surface area contributed by atoms with Crippen LogP contribution >= 0.6 is 0 Å². The minimum absolute atomic E-state index is 0.473. The van der Waals surface area contributed by atoms with Crippen LogP contribution in [-0.4, -0.2) is 41.4 Å². The summed E-state index contributed by atoms with van der Waals surface area (Å²) in [5.74, 6) is 1.12. The molecule has 0 bridgehead atoms. The number of anilines is 1. The highest BCUT2D eigenvalue weighted by molar-refractivity contribution is 5.78. The molecule has 23 heavy (non-hydrogen) atoms. The SMILES string of the molecule is COc1ccc(-c2cnc(N(C)C)nc2-c2ccccc2)nn1. The van der Waals surface area contributed by atoms with E-state index in [1.807, 2.05) is 55.4 Å². The molecule has 6 nitrogen and oxygen atoms in total. The van der Waals surface area contributed by atoms with Crippen LogP contribution in [0.25, 0.3) is 22.5 Å². The molecule has 0 unspecified atom stereocenters. The van der Waals surface area contributed by atoms with E-state index in [-0.39, 0.29) is 0 Å². The van der Waals surface area contributed by atoms with E-state index in [9.17, 15) is 0 Å². The van der Waals surface area contributed by atoms with Gasteiger partial charge in [0, 0.05) is 37.5 Å². The molecule has 0 saturated heterocycles. The smallest absolute Gasteiger partial charge is 0.233 e. The summed E-state index contributed by atoms with van der Waals surface area (Å²) in [5.41, 5.74) is 3.36. The average Bonchev–Trinajstić information content (AvgIpc) is 2.62. The molecule has 0 aliphatic rings. The van der Waals surface area contributed by atoms with Crippen LogP contribution in [0.4, 0.5) is 5.95 Å². The van der Waals surface area contributed by atoms with Gasteiger partial charge in [-0.2, -0.15) is 0 Å². The van der Waals surface area contributed by atoms with Crippen molar-refractivity contribution in [1.82, 2.24) is 20.2 Å². The van der Waals surface area contributed by atoms with Gasteiger partial charge in [-0.25, -0.2) is 9.97 Å². The largest absolute Gasteiger partial charge is 0.480 e. The second-order valence-electron chi connectivity index (χ2n) is 5.15. The molecule has 6 heteroatoms. The molecule has 2 heterocycles. The molecule has 3 rings (SSSR count). The quantitative estimate of drug-likeness (QED) is 0.738. The third-order valence-electron chi connectivity index (χ3n) is 3.35. The Hall–Kier alpha value is -3.02. The molecule has 116 valence electrons. The van der Waals surface area contributed by atoms with Crippen LogP contribution < -0.4 is 9.64 Å². The van der Waals surface area contributed by atoms with Gasteiger partial charge in [0.15, 0.2) is 0 Å². The third kappa shape index (κ3) is 3.11. The van der Waals surface area contributed by atoms with Gasteiger partial charge in [-0.15, -0.1) is 10.2 Å². The Bertz CT molecular complexity index is 788. The first-order valence-electron chi connectivity index (χ1n) is 7.17. The average molecular weight is 307 g/mol. The third-order valence-corrected chi connectivity index (χ3v) is 3.35. The van der Waals surface area contributed by atoms with Gasteiger partial charge in [0.2, 0.25) is 11.8 Å². The summed E-state index contributed by atoms with van der Waals surface area (Å²) in [7, 11) is 5.39. The molecule has 0 saturated carbocycles. The van der Waals surface area contributed by atoms with Gasteiger partial charge in [0.05, 0.1) is 18.5 Å². The normalized spacial score (nSPS) is 10.4. The van der Waals surface area contributed by atoms with Gasteiger partial charge in [-0.05, 0) is 6.07 Å². The topological polar surface area (TPSA) is 64.0 Å². The maximum absolute atomic E-state index is 5.06. The van der Waals surface area contributed by atoms with E-state index in [4.69, 9.17) is 4.74 Å². The number of ether oxygens (including phenoxy) is 1. The monoisotopic (exact) mass is 307 g/mol. The van der Waals surface area contributed by atoms with Crippen LogP contribution in [0.1, 0.15) is 0 Å². The molecule has 0 atom stereocenters. The molecule has 0 aliphatic carbocycles. The lowest BCUT2D eigenvalue weighted by molar-refractivity contribution is 0.392. The maximum Gasteiger partial charge on any atom is 0.233 e. The summed E-state index contributed by atoms with van der Waals surface area (Å²) in [5, 5.41) is 8.24. The summed E-state index contributed by atoms with van der Waals surface area (Å²) in [4.78, 5) is 10.9. The first-order chi connectivity index (χ1) is 11.2. The molecule has 0 spiro atoms. The fourth-order valence-electron chi connectivity index (χ4n) is 2.16. The van der Waals surface area contributed by atoms with Crippen LogP contribution in [-0.2, 0) is 0 Å². The van der Waals surface area contributed by atoms with Gasteiger partial charge in [-0.1, -0.05) is 30.3 Å². The molecule has 0 fully saturated rings. The fraction of sp³-hybridized carbons (Fsp3) is 0.176. The highest BCUT2D eigenvalue weighted by Gasteiger charge is 2.14. The van der Waals surface area contributed by atoms with E-state index in [1.165, 1.54) is 0 Å². The Morgan fingerprint density at radius 1 is 0.957 bits per heavy atom. The van der Waals surface area contributed by atoms with Crippen molar-refractivity contribution in [2.75, 3.05) is 26.1 Å². The van der Waals surface area contributed by atoms with E-state index in [0.29, 0.717) is 17.5 Å². The number of benzene rings is 1. The standard InChI is InChI=1S/C17H17N5O/c1-22(2)17-18-11-13(14-9-10-15(23-3)21-20-14)16(19-17)12-7-5-4-6-8-12/h4-11H,1-3H3. The molecular formula is C17H17N5O. The predicted molar refractivity (Wildman–Crippen MR) is 89.4 cm³/mol. The zero-order valence-corrected chi connectivity index (χ0v) is 13.3. The van der Waals surface area contributed by atoms with Crippen molar-refractivity contribution in [3.63, 3.8) is 0 Å². The van der Waals surface area contributed by atoms with E-state index < -0.39 is 0 Å². The Labute approximate surface area is 134 Å². The number of aromatic nitrogens is 4. The number of hydrogen-bond donors (Lipinski definition) is 0. The molecular weight excluding hydrogens is 290 g/mol. The Morgan fingerprint density at radius 3 is 2.35 bits per heavy atom. The van der Waals surface area contributed by atoms with Crippen molar-refractivity contribution < 1.29 is 4.74 Å². The van der Waals surface area contributed by atoms with E-state index in [0.717, 1.165) is 16.8 Å². The maximum atomic E-state index is 5.06. The highest BCUT2D eigenvalue weighted by Crippen LogP contribution is 2.30. The Balaban J connectivity index is 2.15. The van der Waals surface area contributed by atoms with Crippen LogP contribution in [0.3, 0.4) is 0 Å². The zero-order chi connectivity index (χ0) is 16.2. The van der Waals surface area contributed by atoms with Crippen LogP contribution in [0.2, 0.25) is 0 Å². The van der Waals surface area contributed by atoms with Crippen LogP contribution in [0.5, 0.6) is 5.88 Å². The lowest BCUT2D eigenvalue weighted by Gasteiger charge is -2.14. The number of rotatable bonds is 4. The summed E-state index contributed by atoms with van der Waals surface area (Å²) >= 11 is 0. The Morgan fingerprint density at radius 2 is 1.74 bits per heavy atom. The predicted octanol–water partition coefficient (Wildman–Crippen LogP) is 2.68. The number of hydrogen-bond acceptors (Lipinski definition) is 6. The second-order valence-corrected chi connectivity index (χ2v) is 5.15. The van der Waals surface area contributed by atoms with Crippen molar-refractivity contribution in [3.05, 3.63) is 48.7 Å². The van der Waals surface area contributed by atoms with Gasteiger partial charge < -0.3 is 9.64 Å². The molecule has 3 aromatic rings. The molecule has 2 aromatic heterocycles. The fourth-order valence-corrected chi connectivity index (χ4v) is 2.16. The van der Waals surface area contributed by atoms with Crippen molar-refractivity contribution >= 4 is 5.95 Å². The summed E-state index contributed by atoms with van der Waals surface area (Å²) in [6, 6.07) is 13.6. The minimum atomic E-state index is 0.473. The first-order valence-corrected chi connectivity index (χ1v) is 7.17. The van der Waals surface area contributed by atoms with Gasteiger partial charge in [0.25, 0.3) is 0 Å². The lowest BCUT2D eigenvalue weighted by Crippen LogP contribution is -2.13. The van der Waals surface area contributed by atoms with Crippen LogP contribution in [0.15, 0.2) is 48.7 Å². The summed E-state index contributed by atoms with van der Waals surface area (Å²) < 4.78 is 5.06.